The van der Waals surface area contributed by atoms with Crippen molar-refractivity contribution in [2.75, 3.05) is 24.7 Å². The van der Waals surface area contributed by atoms with Gasteiger partial charge in [-0.3, -0.25) is 4.57 Å². The van der Waals surface area contributed by atoms with Crippen molar-refractivity contribution in [3.63, 3.8) is 0 Å². The largest absolute Gasteiger partial charge is 0.391 e. The average Bonchev–Trinajstić information content (AvgIpc) is 2.93. The molecule has 0 bridgehead atoms. The number of imidazole rings is 1. The van der Waals surface area contributed by atoms with Gasteiger partial charge >= 0.3 is 0 Å². The Morgan fingerprint density at radius 1 is 1.44 bits per heavy atom. The number of rotatable bonds is 2. The second-order valence-electron chi connectivity index (χ2n) is 3.83. The number of ether oxygens (including phenoxy) is 2. The number of nitrogens with zero attached hydrogens (tertiary/aromatic N) is 4. The molecule has 9 nitrogen and oxygen atoms in total. The Labute approximate surface area is 101 Å². The van der Waals surface area contributed by atoms with Crippen molar-refractivity contribution >= 4 is 22.9 Å². The molecule has 1 aliphatic heterocycles. The predicted octanol–water partition coefficient (Wildman–Crippen LogP) is -1.15. The van der Waals surface area contributed by atoms with Gasteiger partial charge in [0.25, 0.3) is 0 Å². The molecular weight excluding hydrogens is 240 g/mol. The average molecular weight is 252 g/mol. The molecule has 0 saturated carbocycles. The summed E-state index contributed by atoms with van der Waals surface area (Å²) in [7, 11) is 0. The Morgan fingerprint density at radius 3 is 3.00 bits per heavy atom. The summed E-state index contributed by atoms with van der Waals surface area (Å²) in [5, 5.41) is 8.94. The van der Waals surface area contributed by atoms with E-state index in [1.165, 1.54) is 6.33 Å². The number of hydrogen-bond acceptors (Lipinski definition) is 8. The molecule has 2 atom stereocenters. The Kier molecular flexibility index (Phi) is 2.51. The van der Waals surface area contributed by atoms with E-state index in [0.717, 1.165) is 0 Å². The van der Waals surface area contributed by atoms with Crippen molar-refractivity contribution in [3.8, 4) is 0 Å². The van der Waals surface area contributed by atoms with Crippen LogP contribution in [-0.2, 0) is 9.47 Å². The highest BCUT2D eigenvalue weighted by atomic mass is 16.7. The van der Waals surface area contributed by atoms with Gasteiger partial charge in [0.2, 0.25) is 5.95 Å². The van der Waals surface area contributed by atoms with E-state index in [9.17, 15) is 0 Å². The number of nitrogen functional groups attached to an aromatic ring is 2. The van der Waals surface area contributed by atoms with Crippen molar-refractivity contribution < 1.29 is 14.6 Å². The van der Waals surface area contributed by atoms with Gasteiger partial charge in [-0.2, -0.15) is 9.97 Å². The molecular formula is C9H12N6O3. The molecule has 1 aliphatic rings. The summed E-state index contributed by atoms with van der Waals surface area (Å²) < 4.78 is 12.3. The van der Waals surface area contributed by atoms with Gasteiger partial charge in [-0.15, -0.1) is 0 Å². The second kappa shape index (κ2) is 4.05. The number of anilines is 2. The van der Waals surface area contributed by atoms with Gasteiger partial charge < -0.3 is 26.0 Å². The van der Waals surface area contributed by atoms with E-state index in [1.807, 2.05) is 0 Å². The topological polar surface area (TPSA) is 134 Å². The molecule has 2 aromatic rings. The molecule has 0 unspecified atom stereocenters. The fourth-order valence-corrected chi connectivity index (χ4v) is 1.85. The minimum Gasteiger partial charge on any atom is -0.391 e. The molecule has 5 N–H and O–H groups in total. The predicted molar refractivity (Wildman–Crippen MR) is 61.1 cm³/mol. The molecule has 3 heterocycles. The van der Waals surface area contributed by atoms with E-state index < -0.39 is 12.5 Å². The highest BCUT2D eigenvalue weighted by Gasteiger charge is 2.28. The van der Waals surface area contributed by atoms with Gasteiger partial charge in [-0.05, 0) is 0 Å². The van der Waals surface area contributed by atoms with Crippen LogP contribution in [0.25, 0.3) is 11.2 Å². The number of nitrogens with two attached hydrogens (primary N) is 2. The zero-order valence-corrected chi connectivity index (χ0v) is 9.35. The molecule has 9 heteroatoms. The maximum Gasteiger partial charge on any atom is 0.224 e. The number of hydrogen-bond donors (Lipinski definition) is 3. The van der Waals surface area contributed by atoms with Crippen LogP contribution in [0.15, 0.2) is 6.33 Å². The van der Waals surface area contributed by atoms with Crippen LogP contribution in [0.4, 0.5) is 11.8 Å². The van der Waals surface area contributed by atoms with E-state index in [1.54, 1.807) is 4.57 Å². The molecule has 3 rings (SSSR count). The number of aliphatic hydroxyl groups is 1. The SMILES string of the molecule is Nc1nc(N)c2ncn([C@@H]3CO[C@H](CO)O3)c2n1. The fraction of sp³-hybridized carbons (Fsp3) is 0.444. The first kappa shape index (κ1) is 11.1. The summed E-state index contributed by atoms with van der Waals surface area (Å²) in [6.45, 7) is 0.0862. The van der Waals surface area contributed by atoms with E-state index in [2.05, 4.69) is 15.0 Å². The summed E-state index contributed by atoms with van der Waals surface area (Å²) >= 11 is 0. The van der Waals surface area contributed by atoms with Gasteiger partial charge in [0.05, 0.1) is 19.5 Å². The van der Waals surface area contributed by atoms with Gasteiger partial charge in [0, 0.05) is 0 Å². The third-order valence-corrected chi connectivity index (χ3v) is 2.66. The second-order valence-corrected chi connectivity index (χ2v) is 3.83. The van der Waals surface area contributed by atoms with Crippen LogP contribution in [0.5, 0.6) is 0 Å². The Morgan fingerprint density at radius 2 is 2.28 bits per heavy atom. The van der Waals surface area contributed by atoms with Crippen LogP contribution in [-0.4, -0.2) is 44.1 Å². The summed E-state index contributed by atoms with van der Waals surface area (Å²) in [5.74, 6) is 0.285. The lowest BCUT2D eigenvalue weighted by Gasteiger charge is -2.11. The first-order valence-corrected chi connectivity index (χ1v) is 5.32. The van der Waals surface area contributed by atoms with Crippen LogP contribution in [0.3, 0.4) is 0 Å². The maximum absolute atomic E-state index is 8.94. The highest BCUT2D eigenvalue weighted by Crippen LogP contribution is 2.26. The molecule has 0 aliphatic carbocycles. The lowest BCUT2D eigenvalue weighted by molar-refractivity contribution is -0.0980. The standard InChI is InChI=1S/C9H12N6O3/c10-7-6-8(14-9(11)13-7)15(3-12-6)4-2-17-5(1-16)18-4/h3-5,16H,1-2H2,(H4,10,11,13,14)/t4-,5-/m0/s1. The Hall–Kier alpha value is -1.97. The molecule has 18 heavy (non-hydrogen) atoms. The summed E-state index contributed by atoms with van der Waals surface area (Å²) in [6, 6.07) is 0. The van der Waals surface area contributed by atoms with Crippen molar-refractivity contribution in [2.24, 2.45) is 0 Å². The zero-order chi connectivity index (χ0) is 12.7. The summed E-state index contributed by atoms with van der Waals surface area (Å²) in [4.78, 5) is 12.0. The Balaban J connectivity index is 2.03. The number of aromatic nitrogens is 4. The molecule has 1 saturated heterocycles. The molecule has 2 aromatic heterocycles. The van der Waals surface area contributed by atoms with E-state index in [4.69, 9.17) is 26.0 Å². The maximum atomic E-state index is 8.94. The van der Waals surface area contributed by atoms with E-state index in [0.29, 0.717) is 17.8 Å². The van der Waals surface area contributed by atoms with Crippen LogP contribution in [0, 0.1) is 0 Å². The number of aliphatic hydroxyl groups excluding tert-OH is 1. The third kappa shape index (κ3) is 1.65. The lowest BCUT2D eigenvalue weighted by atomic mass is 10.5. The first-order chi connectivity index (χ1) is 8.69. The van der Waals surface area contributed by atoms with Gasteiger partial charge in [-0.1, -0.05) is 0 Å². The normalized spacial score (nSPS) is 23.8. The smallest absolute Gasteiger partial charge is 0.224 e. The van der Waals surface area contributed by atoms with Gasteiger partial charge in [0.1, 0.15) is 5.52 Å². The Bertz CT molecular complexity index is 585. The van der Waals surface area contributed by atoms with Crippen molar-refractivity contribution in [1.82, 2.24) is 19.5 Å². The number of fused-ring (bicyclic) bond motifs is 1. The third-order valence-electron chi connectivity index (χ3n) is 2.66. The van der Waals surface area contributed by atoms with Crippen LogP contribution < -0.4 is 11.5 Å². The van der Waals surface area contributed by atoms with Crippen LogP contribution in [0.1, 0.15) is 6.23 Å². The van der Waals surface area contributed by atoms with Crippen molar-refractivity contribution in [3.05, 3.63) is 6.33 Å². The summed E-state index contributed by atoms with van der Waals surface area (Å²) in [5.41, 5.74) is 12.2. The van der Waals surface area contributed by atoms with Crippen LogP contribution in [0.2, 0.25) is 0 Å². The molecule has 1 fully saturated rings. The zero-order valence-electron chi connectivity index (χ0n) is 9.35. The van der Waals surface area contributed by atoms with E-state index >= 15 is 0 Å². The minimum atomic E-state index is -0.635. The van der Waals surface area contributed by atoms with E-state index in [-0.39, 0.29) is 18.4 Å². The van der Waals surface area contributed by atoms with Gasteiger partial charge in [-0.25, -0.2) is 4.98 Å². The quantitative estimate of drug-likeness (QED) is 0.610. The van der Waals surface area contributed by atoms with Gasteiger partial charge in [0.15, 0.2) is 24.0 Å². The minimum absolute atomic E-state index is 0.0689. The first-order valence-electron chi connectivity index (χ1n) is 5.32. The lowest BCUT2D eigenvalue weighted by Crippen LogP contribution is -2.15. The molecule has 0 amide bonds. The van der Waals surface area contributed by atoms with Crippen molar-refractivity contribution in [1.29, 1.82) is 0 Å². The molecule has 96 valence electrons. The van der Waals surface area contributed by atoms with Crippen LogP contribution >= 0.6 is 0 Å². The monoisotopic (exact) mass is 252 g/mol. The van der Waals surface area contributed by atoms with Crippen molar-refractivity contribution in [2.45, 2.75) is 12.5 Å². The fourth-order valence-electron chi connectivity index (χ4n) is 1.85. The summed E-state index contributed by atoms with van der Waals surface area (Å²) in [6.07, 6.45) is 0.480. The molecule has 0 radical (unpaired) electrons. The highest BCUT2D eigenvalue weighted by molar-refractivity contribution is 5.82. The molecule has 0 aromatic carbocycles. The molecule has 0 spiro atoms.